The van der Waals surface area contributed by atoms with Gasteiger partial charge in [-0.1, -0.05) is 12.1 Å². The molecule has 0 spiro atoms. The fourth-order valence-electron chi connectivity index (χ4n) is 3.02. The van der Waals surface area contributed by atoms with Gasteiger partial charge >= 0.3 is 0 Å². The molecule has 0 aliphatic heterocycles. The molecule has 2 N–H and O–H groups in total. The second-order valence-corrected chi connectivity index (χ2v) is 6.64. The second kappa shape index (κ2) is 6.61. The van der Waals surface area contributed by atoms with E-state index in [9.17, 15) is 20.2 Å². The van der Waals surface area contributed by atoms with Crippen LogP contribution in [0.4, 0.5) is 11.4 Å². The van der Waals surface area contributed by atoms with Gasteiger partial charge in [-0.25, -0.2) is 4.98 Å². The standard InChI is InChI=1S/C19H11N5O3S/c20-8-15-18(21)14-6-1-11(16-9-28-10-22-16)7-17(14)23(19(15)25)12-2-4-13(5-3-12)24(26)27/h1-7,9-10H,21H2. The van der Waals surface area contributed by atoms with Crippen LogP contribution in [0.15, 0.2) is 58.1 Å². The van der Waals surface area contributed by atoms with Gasteiger partial charge in [0.1, 0.15) is 11.6 Å². The smallest absolute Gasteiger partial charge is 0.275 e. The molecule has 0 radical (unpaired) electrons. The van der Waals surface area contributed by atoms with Crippen LogP contribution in [0, 0.1) is 21.4 Å². The molecule has 8 nitrogen and oxygen atoms in total. The predicted octanol–water partition coefficient (Wildman–Crippen LogP) is 3.48. The number of anilines is 1. The summed E-state index contributed by atoms with van der Waals surface area (Å²) in [6.07, 6.45) is 0. The third-order valence-electron chi connectivity index (χ3n) is 4.37. The predicted molar refractivity (Wildman–Crippen MR) is 106 cm³/mol. The van der Waals surface area contributed by atoms with E-state index in [-0.39, 0.29) is 16.9 Å². The Kier molecular flexibility index (Phi) is 4.10. The van der Waals surface area contributed by atoms with Crippen LogP contribution in [-0.4, -0.2) is 14.5 Å². The number of benzene rings is 2. The minimum atomic E-state index is -0.586. The van der Waals surface area contributed by atoms with Crippen molar-refractivity contribution in [3.8, 4) is 23.0 Å². The Bertz CT molecular complexity index is 1320. The Hall–Kier alpha value is -4.03. The summed E-state index contributed by atoms with van der Waals surface area (Å²) in [6.45, 7) is 0. The Morgan fingerprint density at radius 3 is 2.57 bits per heavy atom. The summed E-state index contributed by atoms with van der Waals surface area (Å²) < 4.78 is 1.34. The molecular formula is C19H11N5O3S. The number of nitro benzene ring substituents is 1. The summed E-state index contributed by atoms with van der Waals surface area (Å²) in [7, 11) is 0. The number of fused-ring (bicyclic) bond motifs is 1. The number of aromatic nitrogens is 2. The Morgan fingerprint density at radius 2 is 1.96 bits per heavy atom. The lowest BCUT2D eigenvalue weighted by atomic mass is 10.0. The molecule has 136 valence electrons. The van der Waals surface area contributed by atoms with Crippen molar-refractivity contribution in [3.05, 3.63) is 79.4 Å². The molecule has 0 saturated carbocycles. The minimum Gasteiger partial charge on any atom is -0.397 e. The zero-order valence-electron chi connectivity index (χ0n) is 14.2. The molecule has 0 aliphatic carbocycles. The average molecular weight is 389 g/mol. The van der Waals surface area contributed by atoms with Crippen molar-refractivity contribution in [3.63, 3.8) is 0 Å². The van der Waals surface area contributed by atoms with Gasteiger partial charge in [-0.15, -0.1) is 11.3 Å². The highest BCUT2D eigenvalue weighted by molar-refractivity contribution is 7.07. The van der Waals surface area contributed by atoms with Gasteiger partial charge in [0.25, 0.3) is 11.2 Å². The molecule has 0 fully saturated rings. The minimum absolute atomic E-state index is 0.0970. The van der Waals surface area contributed by atoms with Crippen LogP contribution in [0.5, 0.6) is 0 Å². The van der Waals surface area contributed by atoms with E-state index < -0.39 is 10.5 Å². The normalized spacial score (nSPS) is 10.7. The third kappa shape index (κ3) is 2.69. The number of pyridine rings is 1. The maximum atomic E-state index is 13.0. The molecule has 2 aromatic heterocycles. The van der Waals surface area contributed by atoms with Gasteiger partial charge in [0.15, 0.2) is 0 Å². The molecule has 2 heterocycles. The summed E-state index contributed by atoms with van der Waals surface area (Å²) >= 11 is 1.45. The number of nitriles is 1. The molecule has 0 atom stereocenters. The molecule has 0 amide bonds. The summed E-state index contributed by atoms with van der Waals surface area (Å²) in [4.78, 5) is 27.6. The Morgan fingerprint density at radius 1 is 1.21 bits per heavy atom. The van der Waals surface area contributed by atoms with Gasteiger partial charge in [0, 0.05) is 34.1 Å². The van der Waals surface area contributed by atoms with Crippen LogP contribution in [-0.2, 0) is 0 Å². The van der Waals surface area contributed by atoms with Crippen LogP contribution in [0.3, 0.4) is 0 Å². The Balaban J connectivity index is 2.07. The van der Waals surface area contributed by atoms with Crippen LogP contribution in [0.25, 0.3) is 27.8 Å². The lowest BCUT2D eigenvalue weighted by Crippen LogP contribution is -2.23. The van der Waals surface area contributed by atoms with E-state index in [1.54, 1.807) is 17.6 Å². The van der Waals surface area contributed by atoms with Crippen molar-refractivity contribution in [1.29, 1.82) is 5.26 Å². The summed E-state index contributed by atoms with van der Waals surface area (Å²) in [5.41, 5.74) is 9.44. The lowest BCUT2D eigenvalue weighted by Gasteiger charge is -2.14. The van der Waals surface area contributed by atoms with Crippen molar-refractivity contribution in [2.75, 3.05) is 5.73 Å². The van der Waals surface area contributed by atoms with Gasteiger partial charge in [-0.3, -0.25) is 19.5 Å². The molecule has 0 aliphatic rings. The summed E-state index contributed by atoms with van der Waals surface area (Å²) in [5, 5.41) is 22.7. The maximum Gasteiger partial charge on any atom is 0.275 e. The number of nitrogen functional groups attached to an aromatic ring is 1. The first kappa shape index (κ1) is 17.4. The highest BCUT2D eigenvalue weighted by atomic mass is 32.1. The molecule has 2 aromatic carbocycles. The van der Waals surface area contributed by atoms with E-state index in [1.165, 1.54) is 40.2 Å². The SMILES string of the molecule is N#Cc1c(N)c2ccc(-c3cscn3)cc2n(-c2ccc([N+](=O)[O-])cc2)c1=O. The van der Waals surface area contributed by atoms with Crippen molar-refractivity contribution < 1.29 is 4.92 Å². The number of hydrogen-bond acceptors (Lipinski definition) is 7. The maximum absolute atomic E-state index is 13.0. The number of nitro groups is 1. The van der Waals surface area contributed by atoms with Crippen LogP contribution < -0.4 is 11.3 Å². The monoisotopic (exact) mass is 389 g/mol. The van der Waals surface area contributed by atoms with E-state index in [4.69, 9.17) is 5.73 Å². The molecule has 28 heavy (non-hydrogen) atoms. The first-order valence-corrected chi connectivity index (χ1v) is 8.97. The number of nitrogens with two attached hydrogens (primary N) is 1. The van der Waals surface area contributed by atoms with Crippen molar-refractivity contribution in [1.82, 2.24) is 9.55 Å². The summed E-state index contributed by atoms with van der Waals surface area (Å²) in [6, 6.07) is 12.7. The number of rotatable bonds is 3. The number of nitrogens with zero attached hydrogens (tertiary/aromatic N) is 4. The van der Waals surface area contributed by atoms with E-state index in [0.717, 1.165) is 11.3 Å². The number of non-ortho nitro benzene ring substituents is 1. The second-order valence-electron chi connectivity index (χ2n) is 5.92. The molecule has 4 aromatic rings. The lowest BCUT2D eigenvalue weighted by molar-refractivity contribution is -0.384. The first-order chi connectivity index (χ1) is 13.5. The van der Waals surface area contributed by atoms with Crippen LogP contribution in [0.1, 0.15) is 5.56 Å². The fraction of sp³-hybridized carbons (Fsp3) is 0. The first-order valence-electron chi connectivity index (χ1n) is 8.03. The van der Waals surface area contributed by atoms with Crippen LogP contribution >= 0.6 is 11.3 Å². The van der Waals surface area contributed by atoms with E-state index in [1.807, 2.05) is 17.5 Å². The molecule has 0 unspecified atom stereocenters. The van der Waals surface area contributed by atoms with Crippen molar-refractivity contribution in [2.24, 2.45) is 0 Å². The van der Waals surface area contributed by atoms with Gasteiger partial charge in [0.05, 0.1) is 27.3 Å². The highest BCUT2D eigenvalue weighted by Gasteiger charge is 2.17. The van der Waals surface area contributed by atoms with Gasteiger partial charge < -0.3 is 5.73 Å². The van der Waals surface area contributed by atoms with Gasteiger partial charge in [0.2, 0.25) is 0 Å². The topological polar surface area (TPSA) is 128 Å². The van der Waals surface area contributed by atoms with E-state index in [0.29, 0.717) is 16.6 Å². The molecule has 0 bridgehead atoms. The largest absolute Gasteiger partial charge is 0.397 e. The van der Waals surface area contributed by atoms with E-state index in [2.05, 4.69) is 4.98 Å². The van der Waals surface area contributed by atoms with Gasteiger partial charge in [-0.2, -0.15) is 5.26 Å². The molecule has 4 rings (SSSR count). The Labute approximate surface area is 161 Å². The molecule has 9 heteroatoms. The van der Waals surface area contributed by atoms with E-state index >= 15 is 0 Å². The zero-order valence-corrected chi connectivity index (χ0v) is 15.0. The van der Waals surface area contributed by atoms with Crippen molar-refractivity contribution >= 4 is 33.6 Å². The fourth-order valence-corrected chi connectivity index (χ4v) is 3.58. The zero-order chi connectivity index (χ0) is 19.8. The molecule has 0 saturated heterocycles. The van der Waals surface area contributed by atoms with Gasteiger partial charge in [-0.05, 0) is 18.2 Å². The molecular weight excluding hydrogens is 378 g/mol. The summed E-state index contributed by atoms with van der Waals surface area (Å²) in [5.74, 6) is 0. The third-order valence-corrected chi connectivity index (χ3v) is 4.96. The highest BCUT2D eigenvalue weighted by Crippen LogP contribution is 2.29. The average Bonchev–Trinajstić information content (AvgIpc) is 3.23. The quantitative estimate of drug-likeness (QED) is 0.422. The number of hydrogen-bond donors (Lipinski definition) is 1. The number of thiazole rings is 1. The van der Waals surface area contributed by atoms with Crippen molar-refractivity contribution in [2.45, 2.75) is 0 Å². The van der Waals surface area contributed by atoms with Crippen LogP contribution in [0.2, 0.25) is 0 Å².